The second-order valence-corrected chi connectivity index (χ2v) is 3.85. The van der Waals surface area contributed by atoms with E-state index in [1.807, 2.05) is 0 Å². The van der Waals surface area contributed by atoms with E-state index in [1.165, 1.54) is 18.8 Å². The van der Waals surface area contributed by atoms with Crippen molar-refractivity contribution in [3.8, 4) is 17.0 Å². The lowest BCUT2D eigenvalue weighted by molar-refractivity contribution is 0.416. The van der Waals surface area contributed by atoms with Gasteiger partial charge in [0.15, 0.2) is 0 Å². The largest absolute Gasteiger partial charge is 0.529 e. The first-order valence-electron chi connectivity index (χ1n) is 5.30. The molecule has 0 atom stereocenters. The molecule has 0 spiro atoms. The topological polar surface area (TPSA) is 27.1 Å². The van der Waals surface area contributed by atoms with Crippen molar-refractivity contribution in [2.75, 3.05) is 7.11 Å². The van der Waals surface area contributed by atoms with Crippen molar-refractivity contribution < 1.29 is 17.7 Å². The summed E-state index contributed by atoms with van der Waals surface area (Å²) in [6, 6.07) is 7.93. The van der Waals surface area contributed by atoms with Crippen molar-refractivity contribution in [2.24, 2.45) is 7.05 Å². The van der Waals surface area contributed by atoms with E-state index in [0.717, 1.165) is 6.07 Å². The SMILES string of the molecule is COc1ccccc1-c1cc([B-](F)(F)F)nn1C. The fraction of sp³-hybridized carbons (Fsp3) is 0.182. The molecule has 0 fully saturated rings. The lowest BCUT2D eigenvalue weighted by Gasteiger charge is -2.08. The highest BCUT2D eigenvalue weighted by Crippen LogP contribution is 2.29. The summed E-state index contributed by atoms with van der Waals surface area (Å²) in [5.41, 5.74) is 0.112. The van der Waals surface area contributed by atoms with Crippen LogP contribution in [0.3, 0.4) is 0 Å². The molecule has 18 heavy (non-hydrogen) atoms. The van der Waals surface area contributed by atoms with E-state index in [0.29, 0.717) is 17.0 Å². The normalized spacial score (nSPS) is 11.6. The van der Waals surface area contributed by atoms with E-state index in [2.05, 4.69) is 5.10 Å². The Morgan fingerprint density at radius 3 is 2.44 bits per heavy atom. The van der Waals surface area contributed by atoms with Crippen LogP contribution >= 0.6 is 0 Å². The van der Waals surface area contributed by atoms with Gasteiger partial charge in [-0.05, 0) is 18.2 Å². The Labute approximate surface area is 102 Å². The van der Waals surface area contributed by atoms with Crippen molar-refractivity contribution in [3.05, 3.63) is 30.3 Å². The Bertz CT molecular complexity index is 566. The monoisotopic (exact) mass is 255 g/mol. The number of aromatic nitrogens is 2. The molecule has 0 unspecified atom stereocenters. The number of hydrogen-bond acceptors (Lipinski definition) is 2. The van der Waals surface area contributed by atoms with Gasteiger partial charge in [0, 0.05) is 18.2 Å². The Kier molecular flexibility index (Phi) is 3.06. The van der Waals surface area contributed by atoms with Gasteiger partial charge < -0.3 is 17.7 Å². The van der Waals surface area contributed by atoms with Crippen LogP contribution in [0, 0.1) is 0 Å². The van der Waals surface area contributed by atoms with E-state index < -0.39 is 12.6 Å². The van der Waals surface area contributed by atoms with Gasteiger partial charge in [0.25, 0.3) is 0 Å². The fourth-order valence-electron chi connectivity index (χ4n) is 1.76. The number of halogens is 3. The van der Waals surface area contributed by atoms with Crippen molar-refractivity contribution in [3.63, 3.8) is 0 Å². The maximum atomic E-state index is 12.6. The first-order valence-corrected chi connectivity index (χ1v) is 5.30. The number of benzene rings is 1. The minimum absolute atomic E-state index is 0.377. The lowest BCUT2D eigenvalue weighted by atomic mass is 9.86. The second kappa shape index (κ2) is 4.40. The summed E-state index contributed by atoms with van der Waals surface area (Å²) in [5, 5.41) is 3.50. The molecule has 0 N–H and O–H groups in total. The van der Waals surface area contributed by atoms with Crippen molar-refractivity contribution in [1.29, 1.82) is 0 Å². The highest BCUT2D eigenvalue weighted by atomic mass is 19.4. The predicted octanol–water partition coefficient (Wildman–Crippen LogP) is 2.15. The van der Waals surface area contributed by atoms with Crippen LogP contribution in [0.2, 0.25) is 0 Å². The van der Waals surface area contributed by atoms with Gasteiger partial charge in [0.05, 0.1) is 12.8 Å². The highest BCUT2D eigenvalue weighted by molar-refractivity contribution is 6.72. The van der Waals surface area contributed by atoms with Gasteiger partial charge in [0.2, 0.25) is 0 Å². The average molecular weight is 255 g/mol. The summed E-state index contributed by atoms with van der Waals surface area (Å²) in [4.78, 5) is 0. The third-order valence-electron chi connectivity index (χ3n) is 2.62. The van der Waals surface area contributed by atoms with Crippen molar-refractivity contribution in [2.45, 2.75) is 0 Å². The molecule has 0 aliphatic carbocycles. The molecule has 0 aliphatic heterocycles. The van der Waals surface area contributed by atoms with Crippen LogP contribution in [0.4, 0.5) is 12.9 Å². The Morgan fingerprint density at radius 1 is 1.22 bits per heavy atom. The van der Waals surface area contributed by atoms with Gasteiger partial charge in [-0.1, -0.05) is 12.1 Å². The number of rotatable bonds is 3. The van der Waals surface area contributed by atoms with Gasteiger partial charge >= 0.3 is 6.98 Å². The zero-order chi connectivity index (χ0) is 13.3. The Morgan fingerprint density at radius 2 is 1.89 bits per heavy atom. The quantitative estimate of drug-likeness (QED) is 0.785. The van der Waals surface area contributed by atoms with Crippen molar-refractivity contribution >= 4 is 12.6 Å². The zero-order valence-corrected chi connectivity index (χ0v) is 9.90. The number of methoxy groups -OCH3 is 1. The average Bonchev–Trinajstić information content (AvgIpc) is 2.71. The van der Waals surface area contributed by atoms with Gasteiger partial charge in [-0.25, -0.2) is 5.10 Å². The molecule has 1 aromatic carbocycles. The molecule has 0 aliphatic rings. The van der Waals surface area contributed by atoms with Gasteiger partial charge in [-0.3, -0.25) is 4.68 Å². The maximum Gasteiger partial charge on any atom is 0.529 e. The minimum Gasteiger partial charge on any atom is -0.496 e. The van der Waals surface area contributed by atoms with Crippen LogP contribution in [-0.2, 0) is 7.05 Å². The van der Waals surface area contributed by atoms with Crippen molar-refractivity contribution in [1.82, 2.24) is 9.78 Å². The van der Waals surface area contributed by atoms with Crippen LogP contribution in [-0.4, -0.2) is 23.9 Å². The molecular formula is C11H11BF3N2O-. The summed E-state index contributed by atoms with van der Waals surface area (Å²) in [6.07, 6.45) is 0. The molecule has 0 bridgehead atoms. The predicted molar refractivity (Wildman–Crippen MR) is 63.9 cm³/mol. The summed E-state index contributed by atoms with van der Waals surface area (Å²) >= 11 is 0. The fourth-order valence-corrected chi connectivity index (χ4v) is 1.76. The molecule has 0 radical (unpaired) electrons. The van der Waals surface area contributed by atoms with E-state index in [-0.39, 0.29) is 0 Å². The molecule has 2 rings (SSSR count). The van der Waals surface area contributed by atoms with Gasteiger partial charge in [0.1, 0.15) is 5.75 Å². The number of para-hydroxylation sites is 1. The van der Waals surface area contributed by atoms with Crippen LogP contribution < -0.4 is 10.3 Å². The molecule has 1 aromatic heterocycles. The molecule has 96 valence electrons. The third-order valence-corrected chi connectivity index (χ3v) is 2.62. The van der Waals surface area contributed by atoms with E-state index in [4.69, 9.17) is 4.74 Å². The lowest BCUT2D eigenvalue weighted by Crippen LogP contribution is -2.35. The number of nitrogens with zero attached hydrogens (tertiary/aromatic N) is 2. The molecule has 0 saturated carbocycles. The smallest absolute Gasteiger partial charge is 0.496 e. The van der Waals surface area contributed by atoms with Crippen LogP contribution in [0.5, 0.6) is 5.75 Å². The molecule has 0 amide bonds. The second-order valence-electron chi connectivity index (χ2n) is 3.85. The Hall–Kier alpha value is -1.92. The summed E-state index contributed by atoms with van der Waals surface area (Å²) in [6.45, 7) is -5.09. The van der Waals surface area contributed by atoms with Crippen LogP contribution in [0.1, 0.15) is 0 Å². The first-order chi connectivity index (χ1) is 8.43. The molecule has 3 nitrogen and oxygen atoms in total. The number of ether oxygens (including phenoxy) is 1. The first kappa shape index (κ1) is 12.5. The molecule has 1 heterocycles. The summed E-state index contributed by atoms with van der Waals surface area (Å²) < 4.78 is 44.2. The van der Waals surface area contributed by atoms with Gasteiger partial charge in [-0.15, -0.1) is 0 Å². The van der Waals surface area contributed by atoms with Crippen LogP contribution in [0.15, 0.2) is 30.3 Å². The maximum absolute atomic E-state index is 12.6. The summed E-state index contributed by atoms with van der Waals surface area (Å²) in [7, 11) is 2.96. The molecule has 0 saturated heterocycles. The molecule has 2 aromatic rings. The van der Waals surface area contributed by atoms with E-state index in [1.54, 1.807) is 24.3 Å². The minimum atomic E-state index is -5.09. The van der Waals surface area contributed by atoms with Gasteiger partial charge in [-0.2, -0.15) is 0 Å². The molecule has 7 heteroatoms. The molecular weight excluding hydrogens is 244 g/mol. The summed E-state index contributed by atoms with van der Waals surface area (Å²) in [5.74, 6) is 0.515. The standard InChI is InChI=1S/C11H11BF3N2O/c1-17-9(7-11(16-17)12(13,14)15)8-5-3-4-6-10(8)18-2/h3-7H,1-2H3/q-1. The van der Waals surface area contributed by atoms with E-state index >= 15 is 0 Å². The number of hydrogen-bond donors (Lipinski definition) is 0. The van der Waals surface area contributed by atoms with E-state index in [9.17, 15) is 12.9 Å². The highest BCUT2D eigenvalue weighted by Gasteiger charge is 2.30. The number of aryl methyl sites for hydroxylation is 1. The zero-order valence-electron chi connectivity index (χ0n) is 9.90. The third kappa shape index (κ3) is 2.20. The Balaban J connectivity index is 2.55. The van der Waals surface area contributed by atoms with Crippen LogP contribution in [0.25, 0.3) is 11.3 Å².